The van der Waals surface area contributed by atoms with Crippen molar-refractivity contribution in [3.05, 3.63) is 89.7 Å². The Hall–Kier alpha value is -1.64. The second-order valence-corrected chi connectivity index (χ2v) is 6.22. The molecule has 0 aliphatic rings. The monoisotopic (exact) mass is 405 g/mol. The molecule has 0 aliphatic heterocycles. The molecule has 0 N–H and O–H groups in total. The average Bonchev–Trinajstić information content (AvgIpc) is 2.59. The number of carbonyl (C=O) groups excluding carboxylic acids is 1. The number of pyridine rings is 1. The molecule has 2 aromatic carbocycles. The second kappa shape index (κ2) is 9.17. The summed E-state index contributed by atoms with van der Waals surface area (Å²) in [6, 6.07) is 20.5. The Morgan fingerprint density at radius 2 is 1.48 bits per heavy atom. The van der Waals surface area contributed by atoms with Crippen LogP contribution in [0, 0.1) is 13.8 Å². The molecule has 3 rings (SSSR count). The molecule has 0 saturated carbocycles. The van der Waals surface area contributed by atoms with Gasteiger partial charge in [-0.3, -0.25) is 4.79 Å². The Bertz CT molecular complexity index is 839. The predicted octanol–water partition coefficient (Wildman–Crippen LogP) is 4.07. The van der Waals surface area contributed by atoms with E-state index in [-0.39, 0.29) is 38.5 Å². The number of hydrogen-bond acceptors (Lipinski definition) is 1. The van der Waals surface area contributed by atoms with Gasteiger partial charge >= 0.3 is 0 Å². The van der Waals surface area contributed by atoms with Crippen LogP contribution in [0.25, 0.3) is 11.1 Å². The Labute approximate surface area is 174 Å². The van der Waals surface area contributed by atoms with Crippen LogP contribution < -0.4 is 4.57 Å². The Morgan fingerprint density at radius 3 is 2.16 bits per heavy atom. The molecule has 0 unspecified atom stereocenters. The number of Topliss-reactive ketones (excluding diaryl/α,β-unsaturated/α-hetero) is 1. The van der Waals surface area contributed by atoms with Crippen LogP contribution in [0.15, 0.2) is 73.1 Å². The Kier molecular flexibility index (Phi) is 7.22. The van der Waals surface area contributed by atoms with Crippen LogP contribution in [0.5, 0.6) is 0 Å². The van der Waals surface area contributed by atoms with Gasteiger partial charge in [0.1, 0.15) is 0 Å². The fraction of sp³-hybridized carbons (Fsp3) is 0.182. The van der Waals surface area contributed by atoms with Crippen LogP contribution in [0.3, 0.4) is 0 Å². The molecule has 123 valence electrons. The van der Waals surface area contributed by atoms with Crippen LogP contribution >= 0.6 is 0 Å². The van der Waals surface area contributed by atoms with Crippen molar-refractivity contribution in [1.29, 1.82) is 0 Å². The first-order chi connectivity index (χ1) is 11.6. The van der Waals surface area contributed by atoms with Crippen molar-refractivity contribution in [3.8, 4) is 11.1 Å². The maximum Gasteiger partial charge on any atom is 0.206 e. The summed E-state index contributed by atoms with van der Waals surface area (Å²) in [7, 11) is 0. The van der Waals surface area contributed by atoms with Gasteiger partial charge in [-0.15, -0.1) is 0 Å². The number of nitrogens with zero attached hydrogens (tertiary/aromatic N) is 1. The molecule has 0 amide bonds. The van der Waals surface area contributed by atoms with E-state index in [1.807, 2.05) is 47.3 Å². The fourth-order valence-electron chi connectivity index (χ4n) is 3.01. The SMILES string of the molecule is Cc1cccc(C)c1CC(=O)C[n+]1cccc(-c2ccccc2)c1.[Y]. The summed E-state index contributed by atoms with van der Waals surface area (Å²) in [5.41, 5.74) is 5.81. The van der Waals surface area contributed by atoms with Crippen molar-refractivity contribution in [3.63, 3.8) is 0 Å². The summed E-state index contributed by atoms with van der Waals surface area (Å²) >= 11 is 0. The molecule has 0 bridgehead atoms. The van der Waals surface area contributed by atoms with Gasteiger partial charge in [0.15, 0.2) is 12.4 Å². The van der Waals surface area contributed by atoms with Crippen LogP contribution in [0.2, 0.25) is 0 Å². The molecular formula is C22H22NOY+. The zero-order chi connectivity index (χ0) is 16.9. The van der Waals surface area contributed by atoms with Gasteiger partial charge in [0.25, 0.3) is 0 Å². The van der Waals surface area contributed by atoms with E-state index in [9.17, 15) is 4.79 Å². The topological polar surface area (TPSA) is 20.9 Å². The fourth-order valence-corrected chi connectivity index (χ4v) is 3.01. The minimum absolute atomic E-state index is 0. The van der Waals surface area contributed by atoms with Gasteiger partial charge in [-0.25, -0.2) is 0 Å². The van der Waals surface area contributed by atoms with E-state index in [2.05, 4.69) is 44.2 Å². The van der Waals surface area contributed by atoms with E-state index in [0.29, 0.717) is 13.0 Å². The van der Waals surface area contributed by atoms with E-state index in [0.717, 1.165) is 16.7 Å². The minimum Gasteiger partial charge on any atom is -0.292 e. The summed E-state index contributed by atoms with van der Waals surface area (Å²) in [5, 5.41) is 0. The van der Waals surface area contributed by atoms with Gasteiger partial charge in [-0.1, -0.05) is 48.5 Å². The first-order valence-electron chi connectivity index (χ1n) is 8.25. The van der Waals surface area contributed by atoms with Crippen LogP contribution in [0.1, 0.15) is 16.7 Å². The molecule has 3 heteroatoms. The smallest absolute Gasteiger partial charge is 0.206 e. The van der Waals surface area contributed by atoms with Gasteiger partial charge in [-0.2, -0.15) is 4.57 Å². The third-order valence-electron chi connectivity index (χ3n) is 4.34. The molecule has 1 aromatic heterocycles. The van der Waals surface area contributed by atoms with Gasteiger partial charge in [0.2, 0.25) is 12.3 Å². The molecular weight excluding hydrogens is 383 g/mol. The van der Waals surface area contributed by atoms with Crippen molar-refractivity contribution < 1.29 is 42.1 Å². The predicted molar refractivity (Wildman–Crippen MR) is 96.7 cm³/mol. The van der Waals surface area contributed by atoms with E-state index in [4.69, 9.17) is 0 Å². The van der Waals surface area contributed by atoms with E-state index < -0.39 is 0 Å². The molecule has 0 aliphatic carbocycles. The molecule has 2 nitrogen and oxygen atoms in total. The molecule has 3 aromatic rings. The number of aryl methyl sites for hydroxylation is 2. The minimum atomic E-state index is 0. The third-order valence-corrected chi connectivity index (χ3v) is 4.34. The zero-order valence-electron chi connectivity index (χ0n) is 14.8. The third kappa shape index (κ3) is 5.17. The van der Waals surface area contributed by atoms with Crippen molar-refractivity contribution in [2.24, 2.45) is 0 Å². The number of benzene rings is 2. The standard InChI is InChI=1S/C22H22NO.Y/c1-17-8-6-9-18(2)22(17)14-21(24)16-23-13-7-12-20(15-23)19-10-4-3-5-11-19;/h3-13,15H,14,16H2,1-2H3;/q+1;. The van der Waals surface area contributed by atoms with E-state index in [1.165, 1.54) is 11.1 Å². The summed E-state index contributed by atoms with van der Waals surface area (Å²) in [4.78, 5) is 12.5. The van der Waals surface area contributed by atoms with Crippen LogP contribution in [-0.2, 0) is 50.5 Å². The molecule has 0 atom stereocenters. The molecule has 0 spiro atoms. The van der Waals surface area contributed by atoms with E-state index in [1.54, 1.807) is 0 Å². The van der Waals surface area contributed by atoms with Crippen molar-refractivity contribution in [2.75, 3.05) is 0 Å². The number of ketones is 1. The van der Waals surface area contributed by atoms with Gasteiger partial charge in [0, 0.05) is 50.8 Å². The molecule has 0 saturated heterocycles. The average molecular weight is 405 g/mol. The Morgan fingerprint density at radius 1 is 0.840 bits per heavy atom. The maximum atomic E-state index is 12.5. The maximum absolute atomic E-state index is 12.5. The second-order valence-electron chi connectivity index (χ2n) is 6.22. The van der Waals surface area contributed by atoms with Gasteiger partial charge in [-0.05, 0) is 42.2 Å². The summed E-state index contributed by atoms with van der Waals surface area (Å²) in [6.45, 7) is 4.53. The number of aromatic nitrogens is 1. The number of hydrogen-bond donors (Lipinski definition) is 0. The molecule has 1 radical (unpaired) electrons. The van der Waals surface area contributed by atoms with Crippen molar-refractivity contribution in [2.45, 2.75) is 26.8 Å². The summed E-state index contributed by atoms with van der Waals surface area (Å²) < 4.78 is 1.97. The molecule has 1 heterocycles. The zero-order valence-corrected chi connectivity index (χ0v) is 17.6. The van der Waals surface area contributed by atoms with Crippen LogP contribution in [-0.4, -0.2) is 5.78 Å². The summed E-state index contributed by atoms with van der Waals surface area (Å²) in [5.74, 6) is 0.225. The van der Waals surface area contributed by atoms with Crippen molar-refractivity contribution in [1.82, 2.24) is 0 Å². The number of rotatable bonds is 5. The van der Waals surface area contributed by atoms with E-state index >= 15 is 0 Å². The van der Waals surface area contributed by atoms with Gasteiger partial charge in [0.05, 0.1) is 0 Å². The Balaban J connectivity index is 0.00000225. The normalized spacial score (nSPS) is 10.2. The largest absolute Gasteiger partial charge is 0.292 e. The first-order valence-corrected chi connectivity index (χ1v) is 8.25. The van der Waals surface area contributed by atoms with Crippen molar-refractivity contribution >= 4 is 5.78 Å². The number of carbonyl (C=O) groups is 1. The molecule has 25 heavy (non-hydrogen) atoms. The summed E-state index contributed by atoms with van der Waals surface area (Å²) in [6.07, 6.45) is 4.48. The molecule has 0 fully saturated rings. The van der Waals surface area contributed by atoms with Gasteiger partial charge < -0.3 is 0 Å². The quantitative estimate of drug-likeness (QED) is 0.587. The first kappa shape index (κ1) is 19.7. The van der Waals surface area contributed by atoms with Crippen LogP contribution in [0.4, 0.5) is 0 Å².